The number of hydrogen-bond acceptors (Lipinski definition) is 4. The fraction of sp³-hybridized carbons (Fsp3) is 0.704. The van der Waals surface area contributed by atoms with E-state index in [0.29, 0.717) is 0 Å². The summed E-state index contributed by atoms with van der Waals surface area (Å²) in [7, 11) is 0. The fourth-order valence-electron chi connectivity index (χ4n) is 7.91. The van der Waals surface area contributed by atoms with E-state index >= 15 is 0 Å². The molecule has 32 heavy (non-hydrogen) atoms. The minimum atomic E-state index is -0.464. The summed E-state index contributed by atoms with van der Waals surface area (Å²) in [5.41, 5.74) is 1.82. The summed E-state index contributed by atoms with van der Waals surface area (Å²) in [6.07, 6.45) is 7.97. The molecule has 5 heteroatoms. The van der Waals surface area contributed by atoms with Crippen LogP contribution in [0, 0.1) is 30.1 Å². The predicted molar refractivity (Wildman–Crippen MR) is 133 cm³/mol. The maximum Gasteiger partial charge on any atom is 0.240 e. The van der Waals surface area contributed by atoms with Crippen molar-refractivity contribution >= 4 is 29.2 Å². The highest BCUT2D eigenvalue weighted by atomic mass is 32.2. The van der Waals surface area contributed by atoms with Gasteiger partial charge in [-0.05, 0) is 89.2 Å². The van der Waals surface area contributed by atoms with Crippen molar-refractivity contribution in [3.63, 3.8) is 0 Å². The van der Waals surface area contributed by atoms with Crippen molar-refractivity contribution in [2.45, 2.75) is 70.9 Å². The molecule has 172 valence electrons. The van der Waals surface area contributed by atoms with E-state index in [1.807, 2.05) is 16.7 Å². The van der Waals surface area contributed by atoms with Gasteiger partial charge in [-0.1, -0.05) is 17.7 Å². The maximum atomic E-state index is 14.0. The molecule has 2 heterocycles. The third kappa shape index (κ3) is 3.37. The standard InChI is InChI=1S/C27H37N3OS/c1-18-4-6-22(7-5-18)30-24(23(26(2,3)25(30)31)29-8-10-32-11-9-29)28-27-15-19-12-20(16-27)14-21(13-19)17-27/h4-7,19-21,23H,8-17H2,1-3H3/t19?,20?,21?,23-,27?/m0/s1. The first-order valence-electron chi connectivity index (χ1n) is 12.7. The fourth-order valence-corrected chi connectivity index (χ4v) is 8.84. The van der Waals surface area contributed by atoms with Gasteiger partial charge in [-0.25, -0.2) is 0 Å². The molecule has 0 spiro atoms. The first kappa shape index (κ1) is 21.2. The van der Waals surface area contributed by atoms with E-state index in [0.717, 1.165) is 53.9 Å². The second-order valence-corrected chi connectivity index (χ2v) is 13.1. The number of rotatable bonds is 3. The Kier molecular flexibility index (Phi) is 5.04. The Labute approximate surface area is 197 Å². The second kappa shape index (κ2) is 7.59. The number of hydrogen-bond donors (Lipinski definition) is 0. The Bertz CT molecular complexity index is 895. The van der Waals surface area contributed by atoms with Crippen LogP contribution in [0.5, 0.6) is 0 Å². The lowest BCUT2D eigenvalue weighted by Crippen LogP contribution is -2.54. The summed E-state index contributed by atoms with van der Waals surface area (Å²) in [6, 6.07) is 8.57. The van der Waals surface area contributed by atoms with Gasteiger partial charge in [-0.3, -0.25) is 19.6 Å². The number of nitrogens with zero attached hydrogens (tertiary/aromatic N) is 3. The van der Waals surface area contributed by atoms with Crippen molar-refractivity contribution in [1.29, 1.82) is 0 Å². The zero-order chi connectivity index (χ0) is 22.1. The molecule has 4 aliphatic carbocycles. The molecular formula is C27H37N3OS. The highest BCUT2D eigenvalue weighted by molar-refractivity contribution is 7.99. The lowest BCUT2D eigenvalue weighted by Gasteiger charge is -2.55. The van der Waals surface area contributed by atoms with Crippen LogP contribution in [-0.2, 0) is 4.79 Å². The zero-order valence-corrected chi connectivity index (χ0v) is 20.7. The van der Waals surface area contributed by atoms with E-state index in [4.69, 9.17) is 4.99 Å². The molecule has 0 radical (unpaired) electrons. The molecule has 0 N–H and O–H groups in total. The SMILES string of the molecule is Cc1ccc(N2C(=O)C(C)(C)[C@@H](N3CCSCC3)C2=NC23CC4CC(CC(C4)C2)C3)cc1. The van der Waals surface area contributed by atoms with Crippen LogP contribution in [0.3, 0.4) is 0 Å². The lowest BCUT2D eigenvalue weighted by molar-refractivity contribution is -0.125. The van der Waals surface area contributed by atoms with Crippen molar-refractivity contribution in [2.24, 2.45) is 28.2 Å². The van der Waals surface area contributed by atoms with Gasteiger partial charge in [-0.2, -0.15) is 11.8 Å². The highest BCUT2D eigenvalue weighted by Crippen LogP contribution is 2.58. The number of anilines is 1. The number of carbonyl (C=O) groups is 1. The molecule has 2 aliphatic heterocycles. The van der Waals surface area contributed by atoms with Gasteiger partial charge in [-0.15, -0.1) is 0 Å². The molecule has 4 nitrogen and oxygen atoms in total. The first-order valence-corrected chi connectivity index (χ1v) is 13.8. The van der Waals surface area contributed by atoms with Gasteiger partial charge in [0.15, 0.2) is 0 Å². The molecule has 0 aromatic heterocycles. The number of aliphatic imine (C=N–C) groups is 1. The molecule has 1 aromatic rings. The third-order valence-electron chi connectivity index (χ3n) is 8.97. The van der Waals surface area contributed by atoms with Crippen LogP contribution in [0.4, 0.5) is 5.69 Å². The molecule has 4 bridgehead atoms. The summed E-state index contributed by atoms with van der Waals surface area (Å²) in [6.45, 7) is 8.52. The Morgan fingerprint density at radius 2 is 1.50 bits per heavy atom. The topological polar surface area (TPSA) is 35.9 Å². The molecular weight excluding hydrogens is 414 g/mol. The Balaban J connectivity index is 1.47. The Morgan fingerprint density at radius 1 is 0.938 bits per heavy atom. The van der Waals surface area contributed by atoms with Gasteiger partial charge in [0.25, 0.3) is 0 Å². The summed E-state index contributed by atoms with van der Waals surface area (Å²) < 4.78 is 0. The number of carbonyl (C=O) groups excluding carboxylic acids is 1. The van der Waals surface area contributed by atoms with E-state index < -0.39 is 5.41 Å². The Hall–Kier alpha value is -1.33. The van der Waals surface area contributed by atoms with E-state index in [-0.39, 0.29) is 17.5 Å². The van der Waals surface area contributed by atoms with Crippen molar-refractivity contribution in [3.05, 3.63) is 29.8 Å². The highest BCUT2D eigenvalue weighted by Gasteiger charge is 2.57. The average Bonchev–Trinajstić information content (AvgIpc) is 2.93. The first-order chi connectivity index (χ1) is 15.3. The molecule has 4 saturated carbocycles. The van der Waals surface area contributed by atoms with Gasteiger partial charge < -0.3 is 0 Å². The molecule has 2 saturated heterocycles. The van der Waals surface area contributed by atoms with Crippen molar-refractivity contribution < 1.29 is 4.79 Å². The monoisotopic (exact) mass is 451 g/mol. The minimum Gasteiger partial charge on any atom is -0.291 e. The van der Waals surface area contributed by atoms with Gasteiger partial charge >= 0.3 is 0 Å². The van der Waals surface area contributed by atoms with Gasteiger partial charge in [0.05, 0.1) is 22.7 Å². The quantitative estimate of drug-likeness (QED) is 0.637. The number of aryl methyl sites for hydroxylation is 1. The number of amides is 1. The van der Waals surface area contributed by atoms with Crippen LogP contribution < -0.4 is 4.90 Å². The molecule has 1 amide bonds. The summed E-state index contributed by atoms with van der Waals surface area (Å²) in [5.74, 6) is 6.13. The van der Waals surface area contributed by atoms with E-state index in [1.165, 1.54) is 44.1 Å². The predicted octanol–water partition coefficient (Wildman–Crippen LogP) is 5.15. The molecule has 1 atom stereocenters. The van der Waals surface area contributed by atoms with E-state index in [9.17, 15) is 4.79 Å². The van der Waals surface area contributed by atoms with Gasteiger partial charge in [0.1, 0.15) is 5.84 Å². The zero-order valence-electron chi connectivity index (χ0n) is 19.8. The normalized spacial score (nSPS) is 39.9. The van der Waals surface area contributed by atoms with E-state index in [1.54, 1.807) is 0 Å². The minimum absolute atomic E-state index is 0.0660. The van der Waals surface area contributed by atoms with Gasteiger partial charge in [0, 0.05) is 24.6 Å². The van der Waals surface area contributed by atoms with Crippen molar-refractivity contribution in [1.82, 2.24) is 4.90 Å². The summed E-state index contributed by atoms with van der Waals surface area (Å²) in [5, 5.41) is 0. The summed E-state index contributed by atoms with van der Waals surface area (Å²) >= 11 is 2.03. The van der Waals surface area contributed by atoms with Crippen molar-refractivity contribution in [2.75, 3.05) is 29.5 Å². The van der Waals surface area contributed by atoms with Crippen LogP contribution in [0.2, 0.25) is 0 Å². The van der Waals surface area contributed by atoms with Crippen LogP contribution in [0.15, 0.2) is 29.3 Å². The van der Waals surface area contributed by atoms with Crippen LogP contribution >= 0.6 is 11.8 Å². The summed E-state index contributed by atoms with van der Waals surface area (Å²) in [4.78, 5) is 24.3. The Morgan fingerprint density at radius 3 is 2.06 bits per heavy atom. The van der Waals surface area contributed by atoms with Crippen LogP contribution in [0.1, 0.15) is 57.9 Å². The number of thioether (sulfide) groups is 1. The molecule has 0 unspecified atom stereocenters. The van der Waals surface area contributed by atoms with Gasteiger partial charge in [0.2, 0.25) is 5.91 Å². The number of amidine groups is 1. The largest absolute Gasteiger partial charge is 0.291 e. The molecule has 6 fully saturated rings. The van der Waals surface area contributed by atoms with Crippen LogP contribution in [0.25, 0.3) is 0 Å². The molecule has 1 aromatic carbocycles. The number of benzene rings is 1. The average molecular weight is 452 g/mol. The lowest BCUT2D eigenvalue weighted by atomic mass is 9.53. The molecule has 6 aliphatic rings. The van der Waals surface area contributed by atoms with E-state index in [2.05, 4.69) is 49.9 Å². The van der Waals surface area contributed by atoms with Crippen LogP contribution in [-0.4, -0.2) is 52.8 Å². The third-order valence-corrected chi connectivity index (χ3v) is 9.91. The smallest absolute Gasteiger partial charge is 0.240 e. The van der Waals surface area contributed by atoms with Crippen molar-refractivity contribution in [3.8, 4) is 0 Å². The maximum absolute atomic E-state index is 14.0. The second-order valence-electron chi connectivity index (χ2n) is 11.9. The molecule has 7 rings (SSSR count).